The Morgan fingerprint density at radius 2 is 1.33 bits per heavy atom. The molecule has 2 aromatic carbocycles. The van der Waals surface area contributed by atoms with Gasteiger partial charge in [0.05, 0.1) is 0 Å². The summed E-state index contributed by atoms with van der Waals surface area (Å²) in [4.78, 5) is 27.0. The molecule has 1 N–H and O–H groups in total. The van der Waals surface area contributed by atoms with Crippen molar-refractivity contribution in [2.24, 2.45) is 10.8 Å². The molecule has 0 atom stereocenters. The Morgan fingerprint density at radius 3 is 1.89 bits per heavy atom. The third-order valence-electron chi connectivity index (χ3n) is 7.15. The second-order valence-corrected chi connectivity index (χ2v) is 13.2. The molecular formula is C29H31NO5S. The second kappa shape index (κ2) is 8.44. The van der Waals surface area contributed by atoms with Crippen LogP contribution < -0.4 is 9.50 Å². The molecule has 3 aliphatic rings. The van der Waals surface area contributed by atoms with Crippen LogP contribution in [0.2, 0.25) is 0 Å². The van der Waals surface area contributed by atoms with Gasteiger partial charge in [-0.3, -0.25) is 9.59 Å². The maximum atomic E-state index is 13.5. The molecule has 7 heteroatoms. The fraction of sp³-hybridized carbons (Fsp3) is 0.379. The van der Waals surface area contributed by atoms with Crippen molar-refractivity contribution >= 4 is 21.7 Å². The molecule has 0 aromatic heterocycles. The van der Waals surface area contributed by atoms with E-state index in [4.69, 9.17) is 4.18 Å². The van der Waals surface area contributed by atoms with E-state index in [0.717, 1.165) is 11.4 Å². The molecule has 0 bridgehead atoms. The van der Waals surface area contributed by atoms with E-state index < -0.39 is 16.0 Å². The average Bonchev–Trinajstić information content (AvgIpc) is 2.76. The lowest BCUT2D eigenvalue weighted by Gasteiger charge is -2.44. The van der Waals surface area contributed by atoms with Gasteiger partial charge in [-0.2, -0.15) is 8.42 Å². The standard InChI is InChI=1S/C29H31NO5S/c1-28(2)14-21-26(23(31)16-28)25(27-22(30-21)15-29(3,4)17-24(27)32)18-9-8-10-19(13-18)35-36(33,34)20-11-6-5-7-12-20/h5-13,25,30H,14-17H2,1-4H3. The number of allylic oxidation sites excluding steroid dienone is 4. The van der Waals surface area contributed by atoms with Gasteiger partial charge in [-0.05, 0) is 53.5 Å². The summed E-state index contributed by atoms with van der Waals surface area (Å²) in [5.74, 6) is -0.366. The lowest BCUT2D eigenvalue weighted by molar-refractivity contribution is -0.119. The van der Waals surface area contributed by atoms with Crippen molar-refractivity contribution in [1.29, 1.82) is 0 Å². The fourth-order valence-corrected chi connectivity index (χ4v) is 6.67. The number of carbonyl (C=O) groups is 2. The summed E-state index contributed by atoms with van der Waals surface area (Å²) in [6.07, 6.45) is 2.19. The Labute approximate surface area is 212 Å². The van der Waals surface area contributed by atoms with Gasteiger partial charge in [0.15, 0.2) is 11.6 Å². The summed E-state index contributed by atoms with van der Waals surface area (Å²) < 4.78 is 31.1. The number of hydrogen-bond donors (Lipinski definition) is 1. The van der Waals surface area contributed by atoms with E-state index in [0.29, 0.717) is 42.4 Å². The summed E-state index contributed by atoms with van der Waals surface area (Å²) in [6, 6.07) is 14.7. The van der Waals surface area contributed by atoms with E-state index in [2.05, 4.69) is 33.0 Å². The number of ketones is 2. The van der Waals surface area contributed by atoms with Crippen molar-refractivity contribution in [1.82, 2.24) is 5.32 Å². The summed E-state index contributed by atoms with van der Waals surface area (Å²) in [5.41, 5.74) is 3.28. The van der Waals surface area contributed by atoms with Crippen LogP contribution in [0.4, 0.5) is 0 Å². The first-order valence-electron chi connectivity index (χ1n) is 12.2. The van der Waals surface area contributed by atoms with Crippen LogP contribution in [0.15, 0.2) is 82.0 Å². The third kappa shape index (κ3) is 4.52. The van der Waals surface area contributed by atoms with Crippen LogP contribution in [-0.2, 0) is 19.7 Å². The SMILES string of the molecule is CC1(C)CC(=O)C2=C(C1)NC1=C(C(=O)CC(C)(C)C1)C2c1cccc(OS(=O)(=O)c2ccccc2)c1. The van der Waals surface area contributed by atoms with Crippen LogP contribution in [-0.4, -0.2) is 20.0 Å². The molecule has 188 valence electrons. The summed E-state index contributed by atoms with van der Waals surface area (Å²) in [6.45, 7) is 8.31. The van der Waals surface area contributed by atoms with Gasteiger partial charge in [0, 0.05) is 41.3 Å². The molecule has 1 aliphatic heterocycles. The molecule has 0 saturated carbocycles. The third-order valence-corrected chi connectivity index (χ3v) is 8.41. The average molecular weight is 506 g/mol. The summed E-state index contributed by atoms with van der Waals surface area (Å²) in [7, 11) is -4.03. The van der Waals surface area contributed by atoms with Crippen molar-refractivity contribution in [2.75, 3.05) is 0 Å². The molecule has 0 unspecified atom stereocenters. The largest absolute Gasteiger partial charge is 0.379 e. The Hall–Kier alpha value is -3.19. The van der Waals surface area contributed by atoms with Crippen molar-refractivity contribution in [2.45, 2.75) is 64.2 Å². The molecule has 0 saturated heterocycles. The van der Waals surface area contributed by atoms with Crippen LogP contribution >= 0.6 is 0 Å². The second-order valence-electron chi connectivity index (χ2n) is 11.6. The zero-order valence-corrected chi connectivity index (χ0v) is 21.9. The van der Waals surface area contributed by atoms with Gasteiger partial charge >= 0.3 is 10.1 Å². The lowest BCUT2D eigenvalue weighted by atomic mass is 9.64. The smallest absolute Gasteiger partial charge is 0.339 e. The predicted molar refractivity (Wildman–Crippen MR) is 137 cm³/mol. The minimum Gasteiger partial charge on any atom is -0.379 e. The first kappa shape index (κ1) is 24.5. The molecule has 0 radical (unpaired) electrons. The maximum Gasteiger partial charge on any atom is 0.339 e. The number of benzene rings is 2. The Bertz CT molecular complexity index is 1380. The fourth-order valence-electron chi connectivity index (χ4n) is 5.73. The predicted octanol–water partition coefficient (Wildman–Crippen LogP) is 5.43. The number of dihydropyridines is 1. The van der Waals surface area contributed by atoms with Crippen LogP contribution in [0, 0.1) is 10.8 Å². The highest BCUT2D eigenvalue weighted by Crippen LogP contribution is 2.51. The van der Waals surface area contributed by atoms with E-state index in [1.165, 1.54) is 12.1 Å². The maximum absolute atomic E-state index is 13.5. The highest BCUT2D eigenvalue weighted by Gasteiger charge is 2.46. The number of hydrogen-bond acceptors (Lipinski definition) is 6. The normalized spacial score (nSPS) is 21.6. The van der Waals surface area contributed by atoms with Crippen LogP contribution in [0.3, 0.4) is 0 Å². The molecule has 1 heterocycles. The first-order chi connectivity index (χ1) is 16.9. The highest BCUT2D eigenvalue weighted by molar-refractivity contribution is 7.87. The quantitative estimate of drug-likeness (QED) is 0.558. The van der Waals surface area contributed by atoms with Gasteiger partial charge in [0.25, 0.3) is 0 Å². The molecule has 0 spiro atoms. The highest BCUT2D eigenvalue weighted by atomic mass is 32.2. The molecular weight excluding hydrogens is 474 g/mol. The van der Waals surface area contributed by atoms with Gasteiger partial charge in [-0.15, -0.1) is 0 Å². The van der Waals surface area contributed by atoms with Gasteiger partial charge in [-0.1, -0.05) is 58.0 Å². The molecule has 0 fully saturated rings. The van der Waals surface area contributed by atoms with Crippen LogP contribution in [0.1, 0.15) is 64.9 Å². The number of nitrogens with one attached hydrogen (secondary N) is 1. The van der Waals surface area contributed by atoms with Crippen molar-refractivity contribution in [3.63, 3.8) is 0 Å². The van der Waals surface area contributed by atoms with Crippen molar-refractivity contribution in [3.8, 4) is 5.75 Å². The van der Waals surface area contributed by atoms with Gasteiger partial charge < -0.3 is 9.50 Å². The van der Waals surface area contributed by atoms with Gasteiger partial charge in [-0.25, -0.2) is 0 Å². The number of carbonyl (C=O) groups excluding carboxylic acids is 2. The number of Topliss-reactive ketones (excluding diaryl/α,β-unsaturated/α-hetero) is 2. The first-order valence-corrected chi connectivity index (χ1v) is 13.7. The van der Waals surface area contributed by atoms with E-state index in [9.17, 15) is 18.0 Å². The summed E-state index contributed by atoms with van der Waals surface area (Å²) in [5, 5.41) is 3.49. The van der Waals surface area contributed by atoms with E-state index in [-0.39, 0.29) is 33.0 Å². The van der Waals surface area contributed by atoms with Crippen LogP contribution in [0.5, 0.6) is 5.75 Å². The molecule has 2 aromatic rings. The number of rotatable bonds is 4. The van der Waals surface area contributed by atoms with Crippen molar-refractivity contribution in [3.05, 3.63) is 82.7 Å². The molecule has 6 nitrogen and oxygen atoms in total. The van der Waals surface area contributed by atoms with Gasteiger partial charge in [0.1, 0.15) is 10.6 Å². The van der Waals surface area contributed by atoms with Crippen LogP contribution in [0.25, 0.3) is 0 Å². The Balaban J connectivity index is 1.61. The molecule has 5 rings (SSSR count). The lowest BCUT2D eigenvalue weighted by Crippen LogP contribution is -2.42. The Morgan fingerprint density at radius 1 is 0.778 bits per heavy atom. The Kier molecular flexibility index (Phi) is 5.75. The topological polar surface area (TPSA) is 89.5 Å². The molecule has 0 amide bonds. The monoisotopic (exact) mass is 505 g/mol. The van der Waals surface area contributed by atoms with E-state index in [1.54, 1.807) is 36.4 Å². The van der Waals surface area contributed by atoms with E-state index in [1.807, 2.05) is 6.07 Å². The zero-order chi connectivity index (χ0) is 25.9. The molecule has 2 aliphatic carbocycles. The molecule has 36 heavy (non-hydrogen) atoms. The minimum atomic E-state index is -4.03. The van der Waals surface area contributed by atoms with Gasteiger partial charge in [0.2, 0.25) is 0 Å². The van der Waals surface area contributed by atoms with E-state index >= 15 is 0 Å². The zero-order valence-electron chi connectivity index (χ0n) is 21.1. The minimum absolute atomic E-state index is 0.0196. The van der Waals surface area contributed by atoms with Crippen molar-refractivity contribution < 1.29 is 22.2 Å². The summed E-state index contributed by atoms with van der Waals surface area (Å²) >= 11 is 0.